The Bertz CT molecular complexity index is 138. The van der Waals surface area contributed by atoms with Gasteiger partial charge in [-0.3, -0.25) is 0 Å². The highest BCUT2D eigenvalue weighted by atomic mass is 19.1. The Labute approximate surface area is 66.9 Å². The van der Waals surface area contributed by atoms with Crippen molar-refractivity contribution in [1.29, 1.82) is 0 Å². The fourth-order valence-electron chi connectivity index (χ4n) is 1.71. The SMILES string of the molecule is C=C(F)C(O)C1CCCCC1. The molecule has 1 N–H and O–H groups in total. The van der Waals surface area contributed by atoms with Crippen molar-refractivity contribution in [2.24, 2.45) is 5.92 Å². The monoisotopic (exact) mass is 158 g/mol. The van der Waals surface area contributed by atoms with E-state index in [2.05, 4.69) is 6.58 Å². The lowest BCUT2D eigenvalue weighted by Gasteiger charge is -2.24. The highest BCUT2D eigenvalue weighted by molar-refractivity contribution is 4.94. The van der Waals surface area contributed by atoms with Gasteiger partial charge in [-0.25, -0.2) is 4.39 Å². The maximum atomic E-state index is 12.4. The van der Waals surface area contributed by atoms with E-state index in [1.807, 2.05) is 0 Å². The van der Waals surface area contributed by atoms with Crippen molar-refractivity contribution < 1.29 is 9.50 Å². The fraction of sp³-hybridized carbons (Fsp3) is 0.778. The van der Waals surface area contributed by atoms with Gasteiger partial charge in [0.2, 0.25) is 0 Å². The van der Waals surface area contributed by atoms with Gasteiger partial charge in [-0.1, -0.05) is 25.8 Å². The van der Waals surface area contributed by atoms with Gasteiger partial charge in [-0.15, -0.1) is 0 Å². The largest absolute Gasteiger partial charge is 0.386 e. The molecule has 0 spiro atoms. The van der Waals surface area contributed by atoms with Gasteiger partial charge in [-0.05, 0) is 18.8 Å². The molecule has 1 unspecified atom stereocenters. The van der Waals surface area contributed by atoms with Crippen LogP contribution in [0.25, 0.3) is 0 Å². The average Bonchev–Trinajstić information content (AvgIpc) is 2.05. The predicted molar refractivity (Wildman–Crippen MR) is 42.8 cm³/mol. The molecule has 0 radical (unpaired) electrons. The van der Waals surface area contributed by atoms with Gasteiger partial charge in [0.05, 0.1) is 0 Å². The van der Waals surface area contributed by atoms with Crippen LogP contribution in [-0.4, -0.2) is 11.2 Å². The number of hydrogen-bond acceptors (Lipinski definition) is 1. The highest BCUT2D eigenvalue weighted by Gasteiger charge is 2.23. The van der Waals surface area contributed by atoms with Crippen molar-refractivity contribution in [2.45, 2.75) is 38.2 Å². The minimum atomic E-state index is -0.907. The molecule has 1 saturated carbocycles. The first kappa shape index (κ1) is 8.72. The summed E-state index contributed by atoms with van der Waals surface area (Å²) in [6.45, 7) is 3.11. The molecule has 2 heteroatoms. The Kier molecular flexibility index (Phi) is 3.06. The molecule has 1 fully saturated rings. The summed E-state index contributed by atoms with van der Waals surface area (Å²) in [6, 6.07) is 0. The lowest BCUT2D eigenvalue weighted by molar-refractivity contribution is 0.0958. The molecule has 0 heterocycles. The zero-order valence-corrected chi connectivity index (χ0v) is 6.72. The first-order valence-corrected chi connectivity index (χ1v) is 4.24. The Balaban J connectivity index is 2.38. The van der Waals surface area contributed by atoms with Gasteiger partial charge >= 0.3 is 0 Å². The van der Waals surface area contributed by atoms with Crippen molar-refractivity contribution in [3.8, 4) is 0 Å². The van der Waals surface area contributed by atoms with Crippen molar-refractivity contribution in [2.75, 3.05) is 0 Å². The molecule has 1 rings (SSSR count). The molecule has 0 aromatic carbocycles. The van der Waals surface area contributed by atoms with Crippen LogP contribution in [0.15, 0.2) is 12.4 Å². The minimum Gasteiger partial charge on any atom is -0.386 e. The van der Waals surface area contributed by atoms with Crippen molar-refractivity contribution in [1.82, 2.24) is 0 Å². The number of rotatable bonds is 2. The lowest BCUT2D eigenvalue weighted by Crippen LogP contribution is -2.22. The quantitative estimate of drug-likeness (QED) is 0.654. The molecule has 1 nitrogen and oxygen atoms in total. The number of aliphatic hydroxyl groups excluding tert-OH is 1. The molecular weight excluding hydrogens is 143 g/mol. The zero-order chi connectivity index (χ0) is 8.27. The van der Waals surface area contributed by atoms with Gasteiger partial charge in [-0.2, -0.15) is 0 Å². The summed E-state index contributed by atoms with van der Waals surface area (Å²) in [6.07, 6.45) is 4.45. The Hall–Kier alpha value is -0.370. The Morgan fingerprint density at radius 1 is 1.36 bits per heavy atom. The van der Waals surface area contributed by atoms with E-state index in [-0.39, 0.29) is 5.92 Å². The Morgan fingerprint density at radius 3 is 2.36 bits per heavy atom. The third-order valence-corrected chi connectivity index (χ3v) is 2.42. The van der Waals surface area contributed by atoms with Crippen LogP contribution in [0.3, 0.4) is 0 Å². The van der Waals surface area contributed by atoms with E-state index < -0.39 is 11.9 Å². The van der Waals surface area contributed by atoms with Crippen LogP contribution < -0.4 is 0 Å². The molecule has 0 saturated heterocycles. The van der Waals surface area contributed by atoms with E-state index in [1.165, 1.54) is 6.42 Å². The molecule has 11 heavy (non-hydrogen) atoms. The number of aliphatic hydroxyl groups is 1. The van der Waals surface area contributed by atoms with Gasteiger partial charge in [0, 0.05) is 0 Å². The maximum absolute atomic E-state index is 12.4. The van der Waals surface area contributed by atoms with Gasteiger partial charge in [0.25, 0.3) is 0 Å². The summed E-state index contributed by atoms with van der Waals surface area (Å²) < 4.78 is 12.4. The van der Waals surface area contributed by atoms with E-state index in [0.29, 0.717) is 0 Å². The van der Waals surface area contributed by atoms with Crippen molar-refractivity contribution >= 4 is 0 Å². The third-order valence-electron chi connectivity index (χ3n) is 2.42. The zero-order valence-electron chi connectivity index (χ0n) is 6.72. The molecule has 64 valence electrons. The first-order valence-electron chi connectivity index (χ1n) is 4.24. The minimum absolute atomic E-state index is 0.126. The van der Waals surface area contributed by atoms with Gasteiger partial charge in [0.1, 0.15) is 11.9 Å². The smallest absolute Gasteiger partial charge is 0.122 e. The molecule has 1 atom stereocenters. The van der Waals surface area contributed by atoms with Gasteiger partial charge < -0.3 is 5.11 Å². The molecule has 1 aliphatic carbocycles. The summed E-state index contributed by atoms with van der Waals surface area (Å²) in [5.41, 5.74) is 0. The Morgan fingerprint density at radius 2 is 1.91 bits per heavy atom. The van der Waals surface area contributed by atoms with Crippen molar-refractivity contribution in [3.63, 3.8) is 0 Å². The summed E-state index contributed by atoms with van der Waals surface area (Å²) in [5, 5.41) is 9.28. The average molecular weight is 158 g/mol. The van der Waals surface area contributed by atoms with Crippen LogP contribution in [0.2, 0.25) is 0 Å². The van der Waals surface area contributed by atoms with Crippen LogP contribution in [0.4, 0.5) is 4.39 Å². The van der Waals surface area contributed by atoms with E-state index in [4.69, 9.17) is 0 Å². The third kappa shape index (κ3) is 2.29. The summed E-state index contributed by atoms with van der Waals surface area (Å²) in [5.74, 6) is -0.446. The standard InChI is InChI=1S/C9H15FO/c1-7(10)9(11)8-5-3-2-4-6-8/h8-9,11H,1-6H2. The molecule has 0 aromatic heterocycles. The molecule has 1 aliphatic rings. The second-order valence-corrected chi connectivity index (χ2v) is 3.29. The second kappa shape index (κ2) is 3.86. The molecule has 0 aromatic rings. The first-order chi connectivity index (χ1) is 5.22. The van der Waals surface area contributed by atoms with Crippen molar-refractivity contribution in [3.05, 3.63) is 12.4 Å². The summed E-state index contributed by atoms with van der Waals surface area (Å²) >= 11 is 0. The number of halogens is 1. The molecule has 0 amide bonds. The second-order valence-electron chi connectivity index (χ2n) is 3.29. The van der Waals surface area contributed by atoms with Gasteiger partial charge in [0.15, 0.2) is 0 Å². The molecular formula is C9H15FO. The van der Waals surface area contributed by atoms with E-state index >= 15 is 0 Å². The van der Waals surface area contributed by atoms with E-state index in [1.54, 1.807) is 0 Å². The van der Waals surface area contributed by atoms with E-state index in [0.717, 1.165) is 25.7 Å². The normalized spacial score (nSPS) is 23.1. The summed E-state index contributed by atoms with van der Waals surface area (Å²) in [7, 11) is 0. The summed E-state index contributed by atoms with van der Waals surface area (Å²) in [4.78, 5) is 0. The van der Waals surface area contributed by atoms with Crippen LogP contribution in [0, 0.1) is 5.92 Å². The van der Waals surface area contributed by atoms with Crippen LogP contribution >= 0.6 is 0 Å². The highest BCUT2D eigenvalue weighted by Crippen LogP contribution is 2.28. The van der Waals surface area contributed by atoms with Crippen LogP contribution in [0.5, 0.6) is 0 Å². The molecule has 0 bridgehead atoms. The predicted octanol–water partition coefficient (Wildman–Crippen LogP) is 2.41. The van der Waals surface area contributed by atoms with Crippen LogP contribution in [0.1, 0.15) is 32.1 Å². The lowest BCUT2D eigenvalue weighted by atomic mass is 9.85. The fourth-order valence-corrected chi connectivity index (χ4v) is 1.71. The van der Waals surface area contributed by atoms with Crippen LogP contribution in [-0.2, 0) is 0 Å². The topological polar surface area (TPSA) is 20.2 Å². The molecule has 0 aliphatic heterocycles. The number of hydrogen-bond donors (Lipinski definition) is 1. The van der Waals surface area contributed by atoms with E-state index in [9.17, 15) is 9.50 Å². The maximum Gasteiger partial charge on any atom is 0.122 e.